The predicted octanol–water partition coefficient (Wildman–Crippen LogP) is 5.28. The van der Waals surface area contributed by atoms with E-state index in [-0.39, 0.29) is 40.8 Å². The number of nitrogens with zero attached hydrogens (tertiary/aromatic N) is 3. The van der Waals surface area contributed by atoms with Gasteiger partial charge in [0.05, 0.1) is 43.7 Å². The zero-order chi connectivity index (χ0) is 29.9. The summed E-state index contributed by atoms with van der Waals surface area (Å²) in [5.41, 5.74) is 3.09. The molecule has 4 rings (SSSR count). The SMILES string of the molecule is CC[C@H](C)NC(=O)CN1C(=O)CS[C@H](c2ccc(OC)c(OC)c2)c2c(C(C)(C)C)nn(-c3ccc(OC)cc3)c21. The van der Waals surface area contributed by atoms with Crippen LogP contribution in [0.4, 0.5) is 5.82 Å². The van der Waals surface area contributed by atoms with Gasteiger partial charge in [-0.2, -0.15) is 5.10 Å². The number of amides is 2. The fraction of sp³-hybridized carbons (Fsp3) is 0.452. The van der Waals surface area contributed by atoms with E-state index in [0.717, 1.165) is 28.9 Å². The lowest BCUT2D eigenvalue weighted by atomic mass is 9.87. The Morgan fingerprint density at radius 1 is 1.07 bits per heavy atom. The molecule has 0 radical (unpaired) electrons. The Labute approximate surface area is 246 Å². The first kappa shape index (κ1) is 30.3. The molecular formula is C31H40N4O5S. The van der Waals surface area contributed by atoms with E-state index in [1.807, 2.05) is 56.3 Å². The quantitative estimate of drug-likeness (QED) is 0.368. The summed E-state index contributed by atoms with van der Waals surface area (Å²) in [6.45, 7) is 10.2. The monoisotopic (exact) mass is 580 g/mol. The highest BCUT2D eigenvalue weighted by Crippen LogP contribution is 2.49. The van der Waals surface area contributed by atoms with E-state index in [1.165, 1.54) is 11.8 Å². The number of nitrogens with one attached hydrogen (secondary N) is 1. The normalized spacial score (nSPS) is 16.0. The predicted molar refractivity (Wildman–Crippen MR) is 163 cm³/mol. The Hall–Kier alpha value is -3.66. The number of hydrogen-bond donors (Lipinski definition) is 1. The van der Waals surface area contributed by atoms with Crippen molar-refractivity contribution in [2.45, 2.75) is 57.7 Å². The van der Waals surface area contributed by atoms with Gasteiger partial charge in [0.15, 0.2) is 11.5 Å². The molecule has 220 valence electrons. The summed E-state index contributed by atoms with van der Waals surface area (Å²) in [4.78, 5) is 28.6. The van der Waals surface area contributed by atoms with Gasteiger partial charge in [-0.05, 0) is 55.3 Å². The molecule has 2 heterocycles. The number of fused-ring (bicyclic) bond motifs is 1. The van der Waals surface area contributed by atoms with E-state index < -0.39 is 0 Å². The number of aromatic nitrogens is 2. The van der Waals surface area contributed by atoms with Crippen molar-refractivity contribution in [3.8, 4) is 22.9 Å². The third-order valence-corrected chi connectivity index (χ3v) is 8.40. The van der Waals surface area contributed by atoms with Gasteiger partial charge in [-0.15, -0.1) is 11.8 Å². The lowest BCUT2D eigenvalue weighted by Crippen LogP contribution is -2.44. The molecule has 0 saturated heterocycles. The minimum absolute atomic E-state index is 0.00503. The van der Waals surface area contributed by atoms with Crippen LogP contribution in [0, 0.1) is 0 Å². The minimum Gasteiger partial charge on any atom is -0.497 e. The largest absolute Gasteiger partial charge is 0.497 e. The number of methoxy groups -OCH3 is 3. The van der Waals surface area contributed by atoms with Gasteiger partial charge in [-0.3, -0.25) is 14.5 Å². The molecular weight excluding hydrogens is 540 g/mol. The van der Waals surface area contributed by atoms with Crippen molar-refractivity contribution in [1.29, 1.82) is 0 Å². The number of hydrogen-bond acceptors (Lipinski definition) is 7. The van der Waals surface area contributed by atoms with E-state index in [9.17, 15) is 9.59 Å². The summed E-state index contributed by atoms with van der Waals surface area (Å²) >= 11 is 1.52. The molecule has 41 heavy (non-hydrogen) atoms. The number of carbonyl (C=O) groups is 2. The topological polar surface area (TPSA) is 94.9 Å². The number of rotatable bonds is 9. The van der Waals surface area contributed by atoms with Crippen molar-refractivity contribution in [3.05, 3.63) is 59.3 Å². The number of thioether (sulfide) groups is 1. The summed E-state index contributed by atoms with van der Waals surface area (Å²) in [5.74, 6) is 2.35. The van der Waals surface area contributed by atoms with Crippen LogP contribution in [0.25, 0.3) is 5.69 Å². The number of carbonyl (C=O) groups excluding carboxylic acids is 2. The summed E-state index contributed by atoms with van der Waals surface area (Å²) in [6.07, 6.45) is 0.792. The van der Waals surface area contributed by atoms with Crippen molar-refractivity contribution >= 4 is 29.4 Å². The molecule has 0 unspecified atom stereocenters. The standard InChI is InChI=1S/C31H40N4O5S/c1-9-19(2)32-25(36)17-34-26(37)18-41-28(20-10-15-23(39-7)24(16-20)40-8)27-29(31(3,4)5)33-35(30(27)34)21-11-13-22(38-6)14-12-21/h10-16,19,28H,9,17-18H2,1-8H3,(H,32,36)/t19-,28+/m0/s1. The third kappa shape index (κ3) is 6.32. The highest BCUT2D eigenvalue weighted by molar-refractivity contribution is 8.00. The molecule has 1 aromatic heterocycles. The highest BCUT2D eigenvalue weighted by atomic mass is 32.2. The zero-order valence-electron chi connectivity index (χ0n) is 25.1. The van der Waals surface area contributed by atoms with Gasteiger partial charge < -0.3 is 19.5 Å². The van der Waals surface area contributed by atoms with Crippen molar-refractivity contribution in [2.24, 2.45) is 0 Å². The van der Waals surface area contributed by atoms with Crippen LogP contribution in [0.3, 0.4) is 0 Å². The van der Waals surface area contributed by atoms with Gasteiger partial charge in [0.2, 0.25) is 11.8 Å². The molecule has 9 nitrogen and oxygen atoms in total. The Morgan fingerprint density at radius 3 is 2.34 bits per heavy atom. The number of benzene rings is 2. The van der Waals surface area contributed by atoms with Crippen molar-refractivity contribution in [2.75, 3.05) is 38.5 Å². The first-order valence-corrected chi connectivity index (χ1v) is 14.8. The smallest absolute Gasteiger partial charge is 0.240 e. The molecule has 2 atom stereocenters. The molecule has 1 N–H and O–H groups in total. The van der Waals surface area contributed by atoms with Gasteiger partial charge >= 0.3 is 0 Å². The maximum Gasteiger partial charge on any atom is 0.240 e. The summed E-state index contributed by atoms with van der Waals surface area (Å²) in [5, 5.41) is 7.89. The van der Waals surface area contributed by atoms with Gasteiger partial charge in [0, 0.05) is 17.0 Å². The van der Waals surface area contributed by atoms with E-state index in [4.69, 9.17) is 19.3 Å². The maximum absolute atomic E-state index is 13.8. The van der Waals surface area contributed by atoms with Crippen molar-refractivity contribution < 1.29 is 23.8 Å². The molecule has 2 amide bonds. The molecule has 0 spiro atoms. The van der Waals surface area contributed by atoms with Crippen LogP contribution in [0.15, 0.2) is 42.5 Å². The number of anilines is 1. The van der Waals surface area contributed by atoms with Gasteiger partial charge in [0.25, 0.3) is 0 Å². The molecule has 10 heteroatoms. The fourth-order valence-electron chi connectivity index (χ4n) is 4.82. The average Bonchev–Trinajstić information content (AvgIpc) is 3.30. The molecule has 0 bridgehead atoms. The molecule has 1 aliphatic rings. The third-order valence-electron chi connectivity index (χ3n) is 7.15. The Morgan fingerprint density at radius 2 is 1.76 bits per heavy atom. The van der Waals surface area contributed by atoms with E-state index >= 15 is 0 Å². The molecule has 2 aromatic carbocycles. The highest BCUT2D eigenvalue weighted by Gasteiger charge is 2.40. The summed E-state index contributed by atoms with van der Waals surface area (Å²) in [7, 11) is 4.83. The first-order chi connectivity index (χ1) is 19.5. The molecule has 3 aromatic rings. The average molecular weight is 581 g/mol. The molecule has 0 fully saturated rings. The van der Waals surface area contributed by atoms with Gasteiger partial charge in [-0.25, -0.2) is 4.68 Å². The second-order valence-corrected chi connectivity index (χ2v) is 12.2. The Bertz CT molecular complexity index is 1400. The van der Waals surface area contributed by atoms with Gasteiger partial charge in [0.1, 0.15) is 18.1 Å². The second kappa shape index (κ2) is 12.5. The van der Waals surface area contributed by atoms with Crippen LogP contribution in [-0.2, 0) is 15.0 Å². The van der Waals surface area contributed by atoms with Crippen LogP contribution in [0.1, 0.15) is 63.1 Å². The minimum atomic E-state index is -0.366. The lowest BCUT2D eigenvalue weighted by Gasteiger charge is -2.25. The Kier molecular flexibility index (Phi) is 9.21. The van der Waals surface area contributed by atoms with Crippen LogP contribution in [-0.4, -0.2) is 61.3 Å². The fourth-order valence-corrected chi connectivity index (χ4v) is 6.01. The van der Waals surface area contributed by atoms with E-state index in [0.29, 0.717) is 23.1 Å². The maximum atomic E-state index is 13.8. The van der Waals surface area contributed by atoms with E-state index in [2.05, 4.69) is 26.1 Å². The van der Waals surface area contributed by atoms with E-state index in [1.54, 1.807) is 30.9 Å². The lowest BCUT2D eigenvalue weighted by molar-refractivity contribution is -0.123. The molecule has 1 aliphatic heterocycles. The van der Waals surface area contributed by atoms with Crippen LogP contribution >= 0.6 is 11.8 Å². The van der Waals surface area contributed by atoms with Gasteiger partial charge in [-0.1, -0.05) is 33.8 Å². The second-order valence-electron chi connectivity index (χ2n) is 11.1. The summed E-state index contributed by atoms with van der Waals surface area (Å²) < 4.78 is 18.3. The first-order valence-electron chi connectivity index (χ1n) is 13.7. The number of ether oxygens (including phenoxy) is 3. The van der Waals surface area contributed by atoms with Crippen molar-refractivity contribution in [1.82, 2.24) is 15.1 Å². The summed E-state index contributed by atoms with van der Waals surface area (Å²) in [6, 6.07) is 13.4. The van der Waals surface area contributed by atoms with Crippen LogP contribution in [0.5, 0.6) is 17.2 Å². The zero-order valence-corrected chi connectivity index (χ0v) is 25.9. The van der Waals surface area contributed by atoms with Crippen LogP contribution in [0.2, 0.25) is 0 Å². The van der Waals surface area contributed by atoms with Crippen molar-refractivity contribution in [3.63, 3.8) is 0 Å². The van der Waals surface area contributed by atoms with Crippen LogP contribution < -0.4 is 24.4 Å². The Balaban J connectivity index is 1.99. The molecule has 0 saturated carbocycles. The molecule has 0 aliphatic carbocycles.